The van der Waals surface area contributed by atoms with E-state index in [9.17, 15) is 4.79 Å². The highest BCUT2D eigenvalue weighted by molar-refractivity contribution is 8.00. The third kappa shape index (κ3) is 5.48. The molecule has 0 aliphatic carbocycles. The summed E-state index contributed by atoms with van der Waals surface area (Å²) in [5, 5.41) is 20.4. The molecule has 0 saturated heterocycles. The van der Waals surface area contributed by atoms with Gasteiger partial charge < -0.3 is 9.88 Å². The van der Waals surface area contributed by atoms with Gasteiger partial charge in [0.2, 0.25) is 5.91 Å². The van der Waals surface area contributed by atoms with E-state index >= 15 is 0 Å². The number of halogens is 1. The molecule has 2 rings (SSSR count). The summed E-state index contributed by atoms with van der Waals surface area (Å²) >= 11 is 7.35. The van der Waals surface area contributed by atoms with Gasteiger partial charge in [-0.15, -0.1) is 10.2 Å². The summed E-state index contributed by atoms with van der Waals surface area (Å²) < 4.78 is 1.97. The van der Waals surface area contributed by atoms with Crippen molar-refractivity contribution in [1.82, 2.24) is 14.8 Å². The number of benzene rings is 1. The number of aromatic nitrogens is 3. The second kappa shape index (κ2) is 9.44. The number of aryl methyl sites for hydroxylation is 1. The zero-order valence-electron chi connectivity index (χ0n) is 14.2. The van der Waals surface area contributed by atoms with Crippen molar-refractivity contribution in [3.8, 4) is 6.07 Å². The van der Waals surface area contributed by atoms with Crippen LogP contribution >= 0.6 is 23.4 Å². The summed E-state index contributed by atoms with van der Waals surface area (Å²) in [5.74, 6) is -0.158. The number of anilines is 1. The van der Waals surface area contributed by atoms with Crippen LogP contribution in [0.25, 0.3) is 0 Å². The van der Waals surface area contributed by atoms with Gasteiger partial charge in [-0.2, -0.15) is 5.26 Å². The molecule has 0 bridgehead atoms. The predicted molar refractivity (Wildman–Crippen MR) is 99.7 cm³/mol. The molecule has 2 aromatic rings. The number of thioether (sulfide) groups is 1. The first kappa shape index (κ1) is 19.3. The van der Waals surface area contributed by atoms with Gasteiger partial charge in [0.1, 0.15) is 12.4 Å². The zero-order valence-corrected chi connectivity index (χ0v) is 15.8. The van der Waals surface area contributed by atoms with Crippen molar-refractivity contribution >= 4 is 35.0 Å². The standard InChI is InChI=1S/C17H20ClN5OS/c1-3-4-5-8-23-11-20-22-17(23)25-12(2)16(24)21-14-7-6-13(10-19)15(18)9-14/h6-7,9,11-12H,3-5,8H2,1-2H3,(H,21,24)/t12-/m1/s1. The minimum absolute atomic E-state index is 0.158. The highest BCUT2D eigenvalue weighted by Crippen LogP contribution is 2.24. The molecule has 1 heterocycles. The lowest BCUT2D eigenvalue weighted by atomic mass is 10.2. The van der Waals surface area contributed by atoms with Crippen molar-refractivity contribution in [3.05, 3.63) is 35.1 Å². The van der Waals surface area contributed by atoms with Crippen LogP contribution < -0.4 is 5.32 Å². The first-order chi connectivity index (χ1) is 12.0. The van der Waals surface area contributed by atoms with E-state index in [0.29, 0.717) is 16.3 Å². The molecule has 6 nitrogen and oxygen atoms in total. The molecular formula is C17H20ClN5OS. The minimum Gasteiger partial charge on any atom is -0.325 e. The van der Waals surface area contributed by atoms with Crippen molar-refractivity contribution < 1.29 is 4.79 Å². The van der Waals surface area contributed by atoms with Gasteiger partial charge >= 0.3 is 0 Å². The van der Waals surface area contributed by atoms with E-state index in [4.69, 9.17) is 16.9 Å². The van der Waals surface area contributed by atoms with Crippen LogP contribution in [-0.4, -0.2) is 25.9 Å². The molecule has 0 aliphatic heterocycles. The number of nitriles is 1. The Labute approximate surface area is 156 Å². The smallest absolute Gasteiger partial charge is 0.237 e. The number of unbranched alkanes of at least 4 members (excludes halogenated alkanes) is 2. The van der Waals surface area contributed by atoms with Crippen LogP contribution in [0.5, 0.6) is 0 Å². The molecule has 25 heavy (non-hydrogen) atoms. The first-order valence-corrected chi connectivity index (χ1v) is 9.36. The Bertz CT molecular complexity index is 771. The van der Waals surface area contributed by atoms with E-state index in [1.807, 2.05) is 17.6 Å². The van der Waals surface area contributed by atoms with Gasteiger partial charge in [-0.25, -0.2) is 0 Å². The number of carbonyl (C=O) groups is 1. The van der Waals surface area contributed by atoms with Crippen LogP contribution in [0.15, 0.2) is 29.7 Å². The van der Waals surface area contributed by atoms with Gasteiger partial charge in [-0.05, 0) is 31.5 Å². The molecule has 0 unspecified atom stereocenters. The molecule has 0 saturated carbocycles. The van der Waals surface area contributed by atoms with Crippen LogP contribution in [0.4, 0.5) is 5.69 Å². The summed E-state index contributed by atoms with van der Waals surface area (Å²) in [5.41, 5.74) is 0.938. The average Bonchev–Trinajstić information content (AvgIpc) is 3.02. The fraction of sp³-hybridized carbons (Fsp3) is 0.412. The molecular weight excluding hydrogens is 358 g/mol. The zero-order chi connectivity index (χ0) is 18.2. The second-order valence-corrected chi connectivity index (χ2v) is 7.28. The number of nitrogens with zero attached hydrogens (tertiary/aromatic N) is 4. The van der Waals surface area contributed by atoms with Gasteiger partial charge in [0, 0.05) is 12.2 Å². The van der Waals surface area contributed by atoms with Crippen molar-refractivity contribution in [2.45, 2.75) is 50.1 Å². The topological polar surface area (TPSA) is 83.6 Å². The Kier molecular flexibility index (Phi) is 7.29. The SMILES string of the molecule is CCCCCn1cnnc1S[C@H](C)C(=O)Nc1ccc(C#N)c(Cl)c1. The molecule has 132 valence electrons. The Balaban J connectivity index is 1.96. The molecule has 8 heteroatoms. The number of hydrogen-bond donors (Lipinski definition) is 1. The van der Waals surface area contributed by atoms with Crippen LogP contribution in [0, 0.1) is 11.3 Å². The lowest BCUT2D eigenvalue weighted by molar-refractivity contribution is -0.115. The number of nitrogens with one attached hydrogen (secondary N) is 1. The van der Waals surface area contributed by atoms with E-state index in [-0.39, 0.29) is 11.2 Å². The van der Waals surface area contributed by atoms with Gasteiger partial charge in [0.25, 0.3) is 0 Å². The Morgan fingerprint density at radius 3 is 2.96 bits per heavy atom. The maximum absolute atomic E-state index is 12.4. The van der Waals surface area contributed by atoms with E-state index in [1.165, 1.54) is 11.8 Å². The van der Waals surface area contributed by atoms with Crippen molar-refractivity contribution in [2.75, 3.05) is 5.32 Å². The Morgan fingerprint density at radius 2 is 2.28 bits per heavy atom. The van der Waals surface area contributed by atoms with Crippen LogP contribution in [0.2, 0.25) is 5.02 Å². The normalized spacial score (nSPS) is 11.8. The Morgan fingerprint density at radius 1 is 1.48 bits per heavy atom. The summed E-state index contributed by atoms with van der Waals surface area (Å²) in [6.07, 6.45) is 5.06. The third-order valence-corrected chi connectivity index (χ3v) is 5.00. The fourth-order valence-corrected chi connectivity index (χ4v) is 3.23. The highest BCUT2D eigenvalue weighted by atomic mass is 35.5. The lowest BCUT2D eigenvalue weighted by Crippen LogP contribution is -2.23. The molecule has 1 aromatic heterocycles. The Hall–Kier alpha value is -2.04. The lowest BCUT2D eigenvalue weighted by Gasteiger charge is -2.12. The minimum atomic E-state index is -0.344. The van der Waals surface area contributed by atoms with Crippen LogP contribution in [-0.2, 0) is 11.3 Å². The highest BCUT2D eigenvalue weighted by Gasteiger charge is 2.18. The van der Waals surface area contributed by atoms with E-state index < -0.39 is 0 Å². The van der Waals surface area contributed by atoms with Gasteiger partial charge in [-0.1, -0.05) is 43.1 Å². The van der Waals surface area contributed by atoms with Gasteiger partial charge in [-0.3, -0.25) is 4.79 Å². The summed E-state index contributed by atoms with van der Waals surface area (Å²) in [7, 11) is 0. The molecule has 0 radical (unpaired) electrons. The van der Waals surface area contributed by atoms with Crippen LogP contribution in [0.3, 0.4) is 0 Å². The maximum atomic E-state index is 12.4. The summed E-state index contributed by atoms with van der Waals surface area (Å²) in [6.45, 7) is 4.82. The average molecular weight is 378 g/mol. The number of carbonyl (C=O) groups excluding carboxylic acids is 1. The predicted octanol–water partition coefficient (Wildman–Crippen LogP) is 4.11. The maximum Gasteiger partial charge on any atom is 0.237 e. The molecule has 0 aliphatic rings. The number of amides is 1. The molecule has 1 amide bonds. The molecule has 0 fully saturated rings. The molecule has 0 spiro atoms. The molecule has 1 aromatic carbocycles. The van der Waals surface area contributed by atoms with Gasteiger partial charge in [0.15, 0.2) is 5.16 Å². The number of hydrogen-bond acceptors (Lipinski definition) is 5. The van der Waals surface area contributed by atoms with E-state index in [1.54, 1.807) is 24.5 Å². The third-order valence-electron chi connectivity index (χ3n) is 3.59. The molecule has 1 N–H and O–H groups in total. The quantitative estimate of drug-likeness (QED) is 0.552. The monoisotopic (exact) mass is 377 g/mol. The first-order valence-electron chi connectivity index (χ1n) is 8.10. The van der Waals surface area contributed by atoms with Crippen LogP contribution in [0.1, 0.15) is 38.7 Å². The van der Waals surface area contributed by atoms with Crippen molar-refractivity contribution in [1.29, 1.82) is 5.26 Å². The fourth-order valence-electron chi connectivity index (χ4n) is 2.16. The molecule has 1 atom stereocenters. The summed E-state index contributed by atoms with van der Waals surface area (Å²) in [4.78, 5) is 12.4. The van der Waals surface area contributed by atoms with Gasteiger partial charge in [0.05, 0.1) is 15.8 Å². The van der Waals surface area contributed by atoms with Crippen molar-refractivity contribution in [3.63, 3.8) is 0 Å². The van der Waals surface area contributed by atoms with E-state index in [2.05, 4.69) is 22.4 Å². The number of rotatable bonds is 8. The second-order valence-electron chi connectivity index (χ2n) is 5.57. The van der Waals surface area contributed by atoms with Crippen molar-refractivity contribution in [2.24, 2.45) is 0 Å². The largest absolute Gasteiger partial charge is 0.325 e. The van der Waals surface area contributed by atoms with E-state index in [0.717, 1.165) is 31.0 Å². The summed E-state index contributed by atoms with van der Waals surface area (Å²) in [6, 6.07) is 6.80.